The van der Waals surface area contributed by atoms with Gasteiger partial charge in [0, 0.05) is 30.3 Å². The van der Waals surface area contributed by atoms with E-state index in [1.165, 1.54) is 48.1 Å². The molecular formula is C36H49F2N3O. The van der Waals surface area contributed by atoms with E-state index >= 15 is 0 Å². The molecule has 1 amide bonds. The fraction of sp³-hybridized carbons (Fsp3) is 0.472. The van der Waals surface area contributed by atoms with Crippen LogP contribution in [0.1, 0.15) is 84.6 Å². The molecule has 2 N–H and O–H groups in total. The number of amides is 1. The molecule has 3 aromatic carbocycles. The van der Waals surface area contributed by atoms with Crippen molar-refractivity contribution >= 4 is 5.91 Å². The van der Waals surface area contributed by atoms with Crippen LogP contribution >= 0.6 is 0 Å². The summed E-state index contributed by atoms with van der Waals surface area (Å²) in [6, 6.07) is 18.6. The van der Waals surface area contributed by atoms with Crippen molar-refractivity contribution in [2.45, 2.75) is 78.8 Å². The highest BCUT2D eigenvalue weighted by Gasteiger charge is 2.43. The molecule has 0 unspecified atom stereocenters. The van der Waals surface area contributed by atoms with Crippen molar-refractivity contribution in [3.05, 3.63) is 106 Å². The molecule has 0 aromatic heterocycles. The van der Waals surface area contributed by atoms with Gasteiger partial charge in [-0.1, -0.05) is 56.7 Å². The Labute approximate surface area is 251 Å². The monoisotopic (exact) mass is 577 g/mol. The van der Waals surface area contributed by atoms with Gasteiger partial charge in [0.1, 0.15) is 11.6 Å². The van der Waals surface area contributed by atoms with Gasteiger partial charge in [0.05, 0.1) is 0 Å². The number of hydrogen-bond acceptors (Lipinski definition) is 3. The third-order valence-electron chi connectivity index (χ3n) is 7.69. The first-order chi connectivity index (χ1) is 20.0. The first-order valence-electron chi connectivity index (χ1n) is 15.3. The van der Waals surface area contributed by atoms with Gasteiger partial charge in [-0.25, -0.2) is 8.78 Å². The standard InChI is InChI=1S/C29H43N3O.C7H6F2/c1-6-24-9-7-10-27(20-24)29(12-13-29)31-15-8-14-30-28(33)26-18-23(4)17-25(19-26)21-32(5)16-11-22(2)3;1-5-2-6(8)4-7(9)3-5/h7,9-10,17-20,22,31H,6,8,11-16,21H2,1-5H3,(H,30,33);2-4H,1H3. The average Bonchev–Trinajstić information content (AvgIpc) is 3.72. The van der Waals surface area contributed by atoms with Crippen LogP contribution in [0.2, 0.25) is 0 Å². The van der Waals surface area contributed by atoms with Crippen molar-refractivity contribution in [3.63, 3.8) is 0 Å². The SMILES string of the molecule is CCc1cccc(C2(NCCCNC(=O)c3cc(C)cc(CN(C)CCC(C)C)c3)CC2)c1.Cc1cc(F)cc(F)c1. The van der Waals surface area contributed by atoms with E-state index in [1.807, 2.05) is 12.1 Å². The normalized spacial score (nSPS) is 13.6. The Morgan fingerprint density at radius 1 is 0.929 bits per heavy atom. The zero-order valence-electron chi connectivity index (χ0n) is 26.3. The molecule has 0 aliphatic heterocycles. The van der Waals surface area contributed by atoms with Crippen LogP contribution in [-0.4, -0.2) is 37.5 Å². The smallest absolute Gasteiger partial charge is 0.251 e. The van der Waals surface area contributed by atoms with Crippen molar-refractivity contribution in [1.82, 2.24) is 15.5 Å². The second-order valence-electron chi connectivity index (χ2n) is 12.2. The fourth-order valence-corrected chi connectivity index (χ4v) is 5.15. The van der Waals surface area contributed by atoms with Gasteiger partial charge < -0.3 is 15.5 Å². The molecule has 3 aromatic rings. The number of halogens is 2. The molecule has 0 saturated heterocycles. The van der Waals surface area contributed by atoms with Crippen LogP contribution in [0.5, 0.6) is 0 Å². The molecule has 1 fully saturated rings. The van der Waals surface area contributed by atoms with Crippen LogP contribution in [0.25, 0.3) is 0 Å². The molecule has 4 nitrogen and oxygen atoms in total. The van der Waals surface area contributed by atoms with Crippen molar-refractivity contribution in [2.75, 3.05) is 26.7 Å². The summed E-state index contributed by atoms with van der Waals surface area (Å²) in [5, 5.41) is 6.87. The van der Waals surface area contributed by atoms with Crippen LogP contribution in [0.15, 0.2) is 60.7 Å². The van der Waals surface area contributed by atoms with Gasteiger partial charge in [0.2, 0.25) is 0 Å². The minimum absolute atomic E-state index is 0.0292. The third-order valence-corrected chi connectivity index (χ3v) is 7.69. The van der Waals surface area contributed by atoms with E-state index in [-0.39, 0.29) is 11.4 Å². The van der Waals surface area contributed by atoms with E-state index in [9.17, 15) is 13.6 Å². The lowest BCUT2D eigenvalue weighted by molar-refractivity contribution is 0.0953. The van der Waals surface area contributed by atoms with Gasteiger partial charge >= 0.3 is 0 Å². The lowest BCUT2D eigenvalue weighted by atomic mass is 10.0. The molecule has 1 aliphatic carbocycles. The highest BCUT2D eigenvalue weighted by Crippen LogP contribution is 2.45. The highest BCUT2D eigenvalue weighted by molar-refractivity contribution is 5.94. The van der Waals surface area contributed by atoms with Gasteiger partial charge in [-0.15, -0.1) is 0 Å². The Morgan fingerprint density at radius 3 is 2.24 bits per heavy atom. The maximum atomic E-state index is 12.8. The third kappa shape index (κ3) is 11.0. The maximum absolute atomic E-state index is 12.8. The molecule has 42 heavy (non-hydrogen) atoms. The van der Waals surface area contributed by atoms with E-state index in [2.05, 4.69) is 80.6 Å². The highest BCUT2D eigenvalue weighted by atomic mass is 19.1. The van der Waals surface area contributed by atoms with Crippen molar-refractivity contribution in [2.24, 2.45) is 5.92 Å². The van der Waals surface area contributed by atoms with E-state index < -0.39 is 11.6 Å². The first-order valence-corrected chi connectivity index (χ1v) is 15.3. The van der Waals surface area contributed by atoms with Gasteiger partial charge in [0.15, 0.2) is 0 Å². The quantitative estimate of drug-likeness (QED) is 0.205. The molecular weight excluding hydrogens is 528 g/mol. The molecule has 0 radical (unpaired) electrons. The molecule has 0 spiro atoms. The van der Waals surface area contributed by atoms with Crippen LogP contribution in [-0.2, 0) is 18.5 Å². The lowest BCUT2D eigenvalue weighted by Gasteiger charge is -2.19. The van der Waals surface area contributed by atoms with Gasteiger partial charge in [-0.05, 0) is 119 Å². The molecule has 1 aliphatic rings. The number of aryl methyl sites for hydroxylation is 3. The van der Waals surface area contributed by atoms with Gasteiger partial charge in [-0.3, -0.25) is 4.79 Å². The number of hydrogen-bond donors (Lipinski definition) is 2. The van der Waals surface area contributed by atoms with E-state index in [1.54, 1.807) is 6.92 Å². The molecule has 4 rings (SSSR count). The zero-order chi connectivity index (χ0) is 30.7. The summed E-state index contributed by atoms with van der Waals surface area (Å²) in [5.74, 6) is -0.307. The molecule has 0 heterocycles. The Bertz CT molecular complexity index is 1250. The predicted molar refractivity (Wildman–Crippen MR) is 170 cm³/mol. The van der Waals surface area contributed by atoms with Crippen LogP contribution in [0, 0.1) is 31.4 Å². The number of nitrogens with one attached hydrogen (secondary N) is 2. The minimum Gasteiger partial charge on any atom is -0.352 e. The predicted octanol–water partition coefficient (Wildman–Crippen LogP) is 7.71. The Hall–Kier alpha value is -3.09. The van der Waals surface area contributed by atoms with E-state index in [0.717, 1.165) is 49.7 Å². The first kappa shape index (κ1) is 33.4. The number of benzene rings is 3. The van der Waals surface area contributed by atoms with Crippen LogP contribution in [0.3, 0.4) is 0 Å². The van der Waals surface area contributed by atoms with Crippen molar-refractivity contribution in [1.29, 1.82) is 0 Å². The number of carbonyl (C=O) groups excluding carboxylic acids is 1. The largest absolute Gasteiger partial charge is 0.352 e. The molecule has 0 atom stereocenters. The molecule has 1 saturated carbocycles. The summed E-state index contributed by atoms with van der Waals surface area (Å²) >= 11 is 0. The molecule has 228 valence electrons. The number of carbonyl (C=O) groups is 1. The summed E-state index contributed by atoms with van der Waals surface area (Å²) in [4.78, 5) is 15.1. The molecule has 0 bridgehead atoms. The zero-order valence-corrected chi connectivity index (χ0v) is 26.3. The van der Waals surface area contributed by atoms with Gasteiger partial charge in [-0.2, -0.15) is 0 Å². The number of nitrogens with zero attached hydrogens (tertiary/aromatic N) is 1. The summed E-state index contributed by atoms with van der Waals surface area (Å²) in [7, 11) is 2.16. The second kappa shape index (κ2) is 15.9. The maximum Gasteiger partial charge on any atom is 0.251 e. The Kier molecular flexibility index (Phi) is 12.7. The van der Waals surface area contributed by atoms with Crippen LogP contribution < -0.4 is 10.6 Å². The van der Waals surface area contributed by atoms with Crippen molar-refractivity contribution in [3.8, 4) is 0 Å². The Morgan fingerprint density at radius 2 is 1.62 bits per heavy atom. The molecule has 6 heteroatoms. The van der Waals surface area contributed by atoms with E-state index in [0.29, 0.717) is 18.0 Å². The summed E-state index contributed by atoms with van der Waals surface area (Å²) in [6.45, 7) is 14.0. The Balaban J connectivity index is 0.000000458. The average molecular weight is 578 g/mol. The summed E-state index contributed by atoms with van der Waals surface area (Å²) in [6.07, 6.45) is 5.59. The fourth-order valence-electron chi connectivity index (χ4n) is 5.15. The number of rotatable bonds is 13. The minimum atomic E-state index is -0.521. The summed E-state index contributed by atoms with van der Waals surface area (Å²) in [5.41, 5.74) is 6.69. The van der Waals surface area contributed by atoms with Crippen LogP contribution in [0.4, 0.5) is 8.78 Å². The second-order valence-corrected chi connectivity index (χ2v) is 12.2. The van der Waals surface area contributed by atoms with Crippen molar-refractivity contribution < 1.29 is 13.6 Å². The van der Waals surface area contributed by atoms with E-state index in [4.69, 9.17) is 0 Å². The topological polar surface area (TPSA) is 44.4 Å². The van der Waals surface area contributed by atoms with Gasteiger partial charge in [0.25, 0.3) is 5.91 Å². The summed E-state index contributed by atoms with van der Waals surface area (Å²) < 4.78 is 24.4. The lowest BCUT2D eigenvalue weighted by Crippen LogP contribution is -2.33.